The first-order valence-electron chi connectivity index (χ1n) is 10.3. The Balaban J connectivity index is 1.73. The number of hydrogen-bond donors (Lipinski definition) is 1. The van der Waals surface area contributed by atoms with E-state index in [2.05, 4.69) is 5.32 Å². The molecule has 1 amide bonds. The molecule has 0 saturated heterocycles. The van der Waals surface area contributed by atoms with Gasteiger partial charge in [0.15, 0.2) is 0 Å². The van der Waals surface area contributed by atoms with Gasteiger partial charge in [-0.05, 0) is 44.9 Å². The molecule has 3 aromatic rings. The second-order valence-electron chi connectivity index (χ2n) is 8.05. The summed E-state index contributed by atoms with van der Waals surface area (Å²) >= 11 is 0. The summed E-state index contributed by atoms with van der Waals surface area (Å²) in [7, 11) is 0. The van der Waals surface area contributed by atoms with Crippen molar-refractivity contribution in [2.24, 2.45) is 0 Å². The van der Waals surface area contributed by atoms with Crippen molar-refractivity contribution in [3.63, 3.8) is 0 Å². The minimum atomic E-state index is -0.820. The van der Waals surface area contributed by atoms with Crippen molar-refractivity contribution in [3.05, 3.63) is 72.0 Å². The van der Waals surface area contributed by atoms with E-state index in [4.69, 9.17) is 4.74 Å². The first-order chi connectivity index (χ1) is 14.0. The van der Waals surface area contributed by atoms with Gasteiger partial charge in [-0.1, -0.05) is 55.3 Å². The lowest BCUT2D eigenvalue weighted by Crippen LogP contribution is -2.38. The Morgan fingerprint density at radius 1 is 0.966 bits per heavy atom. The number of halogens is 1. The van der Waals surface area contributed by atoms with Gasteiger partial charge in [0.25, 0.3) is 0 Å². The Morgan fingerprint density at radius 2 is 1.62 bits per heavy atom. The molecule has 0 heterocycles. The molecule has 150 valence electrons. The topological polar surface area (TPSA) is 38.3 Å². The van der Waals surface area contributed by atoms with Gasteiger partial charge in [-0.2, -0.15) is 0 Å². The van der Waals surface area contributed by atoms with Crippen LogP contribution in [0.1, 0.15) is 45.1 Å². The van der Waals surface area contributed by atoms with E-state index in [-0.39, 0.29) is 17.8 Å². The maximum atomic E-state index is 14.6. The standard InChI is InChI=1S/C25H26FNO2/c1-17(2)29-23-14-13-22(18-9-3-4-10-19(18)23)27-24(28)25(15-7-8-16-25)20-11-5-6-12-21(20)26/h3-6,9-14,17H,7-8,15-16H2,1-2H3,(H,27,28). The molecule has 0 atom stereocenters. The lowest BCUT2D eigenvalue weighted by molar-refractivity contribution is -0.121. The van der Waals surface area contributed by atoms with Crippen LogP contribution in [0.4, 0.5) is 10.1 Å². The van der Waals surface area contributed by atoms with Crippen LogP contribution >= 0.6 is 0 Å². The van der Waals surface area contributed by atoms with E-state index >= 15 is 0 Å². The molecule has 0 bridgehead atoms. The zero-order valence-corrected chi connectivity index (χ0v) is 16.9. The number of benzene rings is 3. The zero-order valence-electron chi connectivity index (χ0n) is 16.9. The Bertz CT molecular complexity index is 1040. The molecule has 1 aliphatic carbocycles. The summed E-state index contributed by atoms with van der Waals surface area (Å²) in [6.45, 7) is 3.98. The molecule has 4 rings (SSSR count). The monoisotopic (exact) mass is 391 g/mol. The van der Waals surface area contributed by atoms with E-state index in [0.717, 1.165) is 35.1 Å². The van der Waals surface area contributed by atoms with Crippen LogP contribution in [0.3, 0.4) is 0 Å². The highest BCUT2D eigenvalue weighted by Gasteiger charge is 2.44. The van der Waals surface area contributed by atoms with Crippen molar-refractivity contribution >= 4 is 22.4 Å². The maximum absolute atomic E-state index is 14.6. The lowest BCUT2D eigenvalue weighted by Gasteiger charge is -2.29. The van der Waals surface area contributed by atoms with Crippen LogP contribution in [-0.4, -0.2) is 12.0 Å². The number of fused-ring (bicyclic) bond motifs is 1. The van der Waals surface area contributed by atoms with Gasteiger partial charge >= 0.3 is 0 Å². The third kappa shape index (κ3) is 3.59. The third-order valence-corrected chi connectivity index (χ3v) is 5.78. The molecule has 0 unspecified atom stereocenters. The van der Waals surface area contributed by atoms with Crippen molar-refractivity contribution in [2.45, 2.75) is 51.0 Å². The zero-order chi connectivity index (χ0) is 20.4. The molecule has 0 spiro atoms. The van der Waals surface area contributed by atoms with Gasteiger partial charge in [0.2, 0.25) is 5.91 Å². The van der Waals surface area contributed by atoms with Crippen LogP contribution in [0, 0.1) is 5.82 Å². The smallest absolute Gasteiger partial charge is 0.235 e. The summed E-state index contributed by atoms with van der Waals surface area (Å²) in [6.07, 6.45) is 3.22. The van der Waals surface area contributed by atoms with Crippen LogP contribution in [-0.2, 0) is 10.2 Å². The van der Waals surface area contributed by atoms with Gasteiger partial charge < -0.3 is 10.1 Å². The molecule has 1 N–H and O–H groups in total. The fourth-order valence-corrected chi connectivity index (χ4v) is 4.43. The molecule has 1 saturated carbocycles. The molecule has 3 aromatic carbocycles. The highest BCUT2D eigenvalue weighted by Crippen LogP contribution is 2.43. The Labute approximate surface area is 170 Å². The van der Waals surface area contributed by atoms with E-state index in [1.54, 1.807) is 18.2 Å². The van der Waals surface area contributed by atoms with E-state index in [0.29, 0.717) is 18.4 Å². The molecule has 1 fully saturated rings. The summed E-state index contributed by atoms with van der Waals surface area (Å²) in [5, 5.41) is 4.98. The normalized spacial score (nSPS) is 15.6. The van der Waals surface area contributed by atoms with Crippen molar-refractivity contribution in [2.75, 3.05) is 5.32 Å². The van der Waals surface area contributed by atoms with Crippen molar-refractivity contribution in [1.29, 1.82) is 0 Å². The predicted molar refractivity (Wildman–Crippen MR) is 115 cm³/mol. The number of ether oxygens (including phenoxy) is 1. The Hall–Kier alpha value is -2.88. The van der Waals surface area contributed by atoms with Gasteiger partial charge in [-0.15, -0.1) is 0 Å². The van der Waals surface area contributed by atoms with Crippen LogP contribution in [0.15, 0.2) is 60.7 Å². The molecular weight excluding hydrogens is 365 g/mol. The fraction of sp³-hybridized carbons (Fsp3) is 0.320. The third-order valence-electron chi connectivity index (χ3n) is 5.78. The number of hydrogen-bond acceptors (Lipinski definition) is 2. The minimum Gasteiger partial charge on any atom is -0.490 e. The highest BCUT2D eigenvalue weighted by atomic mass is 19.1. The number of amides is 1. The molecule has 3 nitrogen and oxygen atoms in total. The number of nitrogens with one attached hydrogen (secondary N) is 1. The van der Waals surface area contributed by atoms with E-state index in [9.17, 15) is 9.18 Å². The van der Waals surface area contributed by atoms with E-state index in [1.807, 2.05) is 50.2 Å². The van der Waals surface area contributed by atoms with Gasteiger partial charge in [0, 0.05) is 22.0 Å². The Morgan fingerprint density at radius 3 is 2.31 bits per heavy atom. The van der Waals surface area contributed by atoms with Gasteiger partial charge in [0.1, 0.15) is 11.6 Å². The molecule has 1 aliphatic rings. The minimum absolute atomic E-state index is 0.0571. The summed E-state index contributed by atoms with van der Waals surface area (Å²) < 4.78 is 20.5. The van der Waals surface area contributed by atoms with Crippen LogP contribution < -0.4 is 10.1 Å². The summed E-state index contributed by atoms with van der Waals surface area (Å²) in [5.41, 5.74) is 0.405. The molecule has 4 heteroatoms. The first-order valence-corrected chi connectivity index (χ1v) is 10.3. The first kappa shape index (κ1) is 19.4. The van der Waals surface area contributed by atoms with Crippen LogP contribution in [0.5, 0.6) is 5.75 Å². The second-order valence-corrected chi connectivity index (χ2v) is 8.05. The summed E-state index contributed by atoms with van der Waals surface area (Å²) in [4.78, 5) is 13.5. The fourth-order valence-electron chi connectivity index (χ4n) is 4.43. The van der Waals surface area contributed by atoms with Gasteiger partial charge in [0.05, 0.1) is 11.5 Å². The van der Waals surface area contributed by atoms with Gasteiger partial charge in [-0.25, -0.2) is 4.39 Å². The van der Waals surface area contributed by atoms with Gasteiger partial charge in [-0.3, -0.25) is 4.79 Å². The highest BCUT2D eigenvalue weighted by molar-refractivity contribution is 6.07. The molecule has 0 aromatic heterocycles. The van der Waals surface area contributed by atoms with Crippen LogP contribution in [0.25, 0.3) is 10.8 Å². The quantitative estimate of drug-likeness (QED) is 0.561. The van der Waals surface area contributed by atoms with Crippen molar-refractivity contribution < 1.29 is 13.9 Å². The van der Waals surface area contributed by atoms with E-state index in [1.165, 1.54) is 6.07 Å². The largest absolute Gasteiger partial charge is 0.490 e. The van der Waals surface area contributed by atoms with Crippen molar-refractivity contribution in [3.8, 4) is 5.75 Å². The van der Waals surface area contributed by atoms with Crippen molar-refractivity contribution in [1.82, 2.24) is 0 Å². The Kier molecular flexibility index (Phi) is 5.27. The van der Waals surface area contributed by atoms with Crippen LogP contribution in [0.2, 0.25) is 0 Å². The number of rotatable bonds is 5. The van der Waals surface area contributed by atoms with E-state index < -0.39 is 5.41 Å². The predicted octanol–water partition coefficient (Wildman–Crippen LogP) is 6.22. The molecule has 0 radical (unpaired) electrons. The average molecular weight is 391 g/mol. The lowest BCUT2D eigenvalue weighted by atomic mass is 9.77. The number of carbonyl (C=O) groups is 1. The number of carbonyl (C=O) groups excluding carboxylic acids is 1. The number of anilines is 1. The summed E-state index contributed by atoms with van der Waals surface area (Å²) in [5.74, 6) is 0.344. The SMILES string of the molecule is CC(C)Oc1ccc(NC(=O)C2(c3ccccc3F)CCCC2)c2ccccc12. The maximum Gasteiger partial charge on any atom is 0.235 e. The molecule has 29 heavy (non-hydrogen) atoms. The second kappa shape index (κ2) is 7.86. The molecule has 0 aliphatic heterocycles. The summed E-state index contributed by atoms with van der Waals surface area (Å²) in [6, 6.07) is 18.3. The average Bonchev–Trinajstić information content (AvgIpc) is 3.21. The molecular formula is C25H26FNO2.